The monoisotopic (exact) mass is 228 g/mol. The highest BCUT2D eigenvalue weighted by Crippen LogP contribution is 2.37. The van der Waals surface area contributed by atoms with Crippen LogP contribution in [0, 0.1) is 5.92 Å². The summed E-state index contributed by atoms with van der Waals surface area (Å²) >= 11 is 0. The van der Waals surface area contributed by atoms with E-state index in [9.17, 15) is 4.79 Å². The topological polar surface area (TPSA) is 32.7 Å². The first-order valence-electron chi connectivity index (χ1n) is 6.25. The lowest BCUT2D eigenvalue weighted by Crippen LogP contribution is -2.32. The molecule has 1 heterocycles. The van der Waals surface area contributed by atoms with Crippen molar-refractivity contribution in [2.75, 3.05) is 18.0 Å². The van der Waals surface area contributed by atoms with Crippen LogP contribution in [0.4, 0.5) is 5.69 Å². The van der Waals surface area contributed by atoms with E-state index in [2.05, 4.69) is 11.1 Å². The second kappa shape index (κ2) is 3.99. The van der Waals surface area contributed by atoms with Crippen LogP contribution in [-0.2, 0) is 4.79 Å². The van der Waals surface area contributed by atoms with E-state index in [0.29, 0.717) is 19.0 Å². The van der Waals surface area contributed by atoms with Gasteiger partial charge in [-0.2, -0.15) is 0 Å². The standard InChI is InChI=1S/C14H16N2O/c1-2-16-12-6-4-3-5-11(12)14(10-7-8-10)15-9-13(16)17/h3-6,10H,2,7-9H2,1H3. The Bertz CT molecular complexity index is 489. The zero-order valence-electron chi connectivity index (χ0n) is 10.0. The maximum atomic E-state index is 12.0. The molecule has 3 heteroatoms. The van der Waals surface area contributed by atoms with Gasteiger partial charge in [0.15, 0.2) is 0 Å². The van der Waals surface area contributed by atoms with Gasteiger partial charge < -0.3 is 4.90 Å². The van der Waals surface area contributed by atoms with E-state index >= 15 is 0 Å². The highest BCUT2D eigenvalue weighted by molar-refractivity contribution is 6.13. The Morgan fingerprint density at radius 1 is 1.35 bits per heavy atom. The molecule has 0 radical (unpaired) electrons. The van der Waals surface area contributed by atoms with Crippen LogP contribution in [0.15, 0.2) is 29.3 Å². The fraction of sp³-hybridized carbons (Fsp3) is 0.429. The molecule has 0 spiro atoms. The normalized spacial score (nSPS) is 19.7. The molecule has 2 aliphatic rings. The van der Waals surface area contributed by atoms with Crippen molar-refractivity contribution < 1.29 is 4.79 Å². The Morgan fingerprint density at radius 3 is 2.82 bits per heavy atom. The van der Waals surface area contributed by atoms with Crippen LogP contribution in [0.5, 0.6) is 0 Å². The van der Waals surface area contributed by atoms with E-state index in [1.165, 1.54) is 12.8 Å². The number of aliphatic imine (C=N–C) groups is 1. The van der Waals surface area contributed by atoms with Crippen LogP contribution in [0.25, 0.3) is 0 Å². The van der Waals surface area contributed by atoms with Gasteiger partial charge in [0.25, 0.3) is 0 Å². The van der Waals surface area contributed by atoms with E-state index in [1.54, 1.807) is 0 Å². The lowest BCUT2D eigenvalue weighted by Gasteiger charge is -2.21. The molecule has 1 amide bonds. The lowest BCUT2D eigenvalue weighted by atomic mass is 10.0. The smallest absolute Gasteiger partial charge is 0.248 e. The summed E-state index contributed by atoms with van der Waals surface area (Å²) in [5.41, 5.74) is 3.33. The first kappa shape index (κ1) is 10.5. The van der Waals surface area contributed by atoms with Gasteiger partial charge in [0.1, 0.15) is 6.54 Å². The molecule has 1 aromatic rings. The number of hydrogen-bond acceptors (Lipinski definition) is 2. The number of carbonyl (C=O) groups is 1. The van der Waals surface area contributed by atoms with Gasteiger partial charge in [0.05, 0.1) is 5.69 Å². The van der Waals surface area contributed by atoms with Crippen LogP contribution >= 0.6 is 0 Å². The first-order chi connectivity index (χ1) is 8.31. The highest BCUT2D eigenvalue weighted by Gasteiger charge is 2.32. The third-order valence-corrected chi connectivity index (χ3v) is 3.44. The minimum absolute atomic E-state index is 0.107. The number of benzodiazepines with no additional fused rings is 1. The fourth-order valence-corrected chi connectivity index (χ4v) is 2.44. The summed E-state index contributed by atoms with van der Waals surface area (Å²) in [4.78, 5) is 18.4. The summed E-state index contributed by atoms with van der Waals surface area (Å²) in [6, 6.07) is 8.14. The molecule has 1 aliphatic heterocycles. The van der Waals surface area contributed by atoms with E-state index in [4.69, 9.17) is 0 Å². The molecule has 88 valence electrons. The molecular weight excluding hydrogens is 212 g/mol. The van der Waals surface area contributed by atoms with Crippen molar-refractivity contribution >= 4 is 17.3 Å². The van der Waals surface area contributed by atoms with Crippen molar-refractivity contribution in [1.82, 2.24) is 0 Å². The Morgan fingerprint density at radius 2 is 2.12 bits per heavy atom. The molecule has 0 unspecified atom stereocenters. The van der Waals surface area contributed by atoms with Gasteiger partial charge in [-0.1, -0.05) is 18.2 Å². The van der Waals surface area contributed by atoms with Gasteiger partial charge in [-0.05, 0) is 25.8 Å². The Kier molecular flexibility index (Phi) is 2.46. The molecular formula is C14H16N2O. The van der Waals surface area contributed by atoms with Gasteiger partial charge in [-0.25, -0.2) is 0 Å². The van der Waals surface area contributed by atoms with Crippen LogP contribution in [0.3, 0.4) is 0 Å². The van der Waals surface area contributed by atoms with E-state index in [1.807, 2.05) is 30.0 Å². The van der Waals surface area contributed by atoms with Gasteiger partial charge in [-0.15, -0.1) is 0 Å². The van der Waals surface area contributed by atoms with Crippen molar-refractivity contribution in [2.45, 2.75) is 19.8 Å². The van der Waals surface area contributed by atoms with E-state index in [0.717, 1.165) is 17.0 Å². The Hall–Kier alpha value is -1.64. The molecule has 0 saturated heterocycles. The number of carbonyl (C=O) groups excluding carboxylic acids is 1. The molecule has 3 nitrogen and oxygen atoms in total. The average molecular weight is 228 g/mol. The van der Waals surface area contributed by atoms with Crippen molar-refractivity contribution in [1.29, 1.82) is 0 Å². The maximum absolute atomic E-state index is 12.0. The summed E-state index contributed by atoms with van der Waals surface area (Å²) in [5, 5.41) is 0. The largest absolute Gasteiger partial charge is 0.310 e. The number of fused-ring (bicyclic) bond motifs is 1. The predicted molar refractivity (Wildman–Crippen MR) is 68.6 cm³/mol. The average Bonchev–Trinajstić information content (AvgIpc) is 3.15. The lowest BCUT2D eigenvalue weighted by molar-refractivity contribution is -0.117. The molecule has 3 rings (SSSR count). The van der Waals surface area contributed by atoms with Crippen LogP contribution in [0.2, 0.25) is 0 Å². The molecule has 1 aromatic carbocycles. The van der Waals surface area contributed by atoms with Crippen LogP contribution in [0.1, 0.15) is 25.3 Å². The molecule has 0 bridgehead atoms. The zero-order chi connectivity index (χ0) is 11.8. The second-order valence-electron chi connectivity index (χ2n) is 4.63. The maximum Gasteiger partial charge on any atom is 0.248 e. The van der Waals surface area contributed by atoms with Crippen molar-refractivity contribution in [3.8, 4) is 0 Å². The Labute approximate surface area is 101 Å². The number of hydrogen-bond donors (Lipinski definition) is 0. The number of para-hydroxylation sites is 1. The SMILES string of the molecule is CCN1C(=O)CN=C(C2CC2)c2ccccc21. The molecule has 17 heavy (non-hydrogen) atoms. The van der Waals surface area contributed by atoms with Crippen LogP contribution in [-0.4, -0.2) is 24.7 Å². The fourth-order valence-electron chi connectivity index (χ4n) is 2.44. The zero-order valence-corrected chi connectivity index (χ0v) is 10.0. The van der Waals surface area contributed by atoms with Gasteiger partial charge in [0, 0.05) is 23.7 Å². The predicted octanol–water partition coefficient (Wildman–Crippen LogP) is 2.25. The molecule has 0 N–H and O–H groups in total. The molecule has 1 fully saturated rings. The summed E-state index contributed by atoms with van der Waals surface area (Å²) in [5.74, 6) is 0.691. The summed E-state index contributed by atoms with van der Waals surface area (Å²) < 4.78 is 0. The van der Waals surface area contributed by atoms with Gasteiger partial charge >= 0.3 is 0 Å². The van der Waals surface area contributed by atoms with Crippen molar-refractivity contribution in [3.05, 3.63) is 29.8 Å². The number of likely N-dealkylation sites (N-methyl/N-ethyl adjacent to an activating group) is 1. The number of rotatable bonds is 2. The number of benzene rings is 1. The Balaban J connectivity index is 2.13. The summed E-state index contributed by atoms with van der Waals surface area (Å²) in [6.45, 7) is 3.02. The summed E-state index contributed by atoms with van der Waals surface area (Å²) in [6.07, 6.45) is 2.43. The molecule has 0 aromatic heterocycles. The minimum Gasteiger partial charge on any atom is -0.310 e. The number of nitrogens with zero attached hydrogens (tertiary/aromatic N) is 2. The van der Waals surface area contributed by atoms with Crippen LogP contribution < -0.4 is 4.90 Å². The van der Waals surface area contributed by atoms with E-state index in [-0.39, 0.29) is 5.91 Å². The molecule has 0 atom stereocenters. The number of anilines is 1. The molecule has 1 aliphatic carbocycles. The minimum atomic E-state index is 0.107. The third kappa shape index (κ3) is 1.75. The highest BCUT2D eigenvalue weighted by atomic mass is 16.2. The van der Waals surface area contributed by atoms with Crippen molar-refractivity contribution in [3.63, 3.8) is 0 Å². The summed E-state index contributed by atoms with van der Waals surface area (Å²) in [7, 11) is 0. The second-order valence-corrected chi connectivity index (χ2v) is 4.63. The quantitative estimate of drug-likeness (QED) is 0.764. The first-order valence-corrected chi connectivity index (χ1v) is 6.25. The van der Waals surface area contributed by atoms with E-state index < -0.39 is 0 Å². The number of amides is 1. The van der Waals surface area contributed by atoms with Crippen molar-refractivity contribution in [2.24, 2.45) is 10.9 Å². The van der Waals surface area contributed by atoms with Gasteiger partial charge in [-0.3, -0.25) is 9.79 Å². The van der Waals surface area contributed by atoms with Gasteiger partial charge in [0.2, 0.25) is 5.91 Å². The molecule has 1 saturated carbocycles. The third-order valence-electron chi connectivity index (χ3n) is 3.44.